The van der Waals surface area contributed by atoms with Gasteiger partial charge in [-0.25, -0.2) is 0 Å². The number of rotatable bonds is 4. The summed E-state index contributed by atoms with van der Waals surface area (Å²) in [5.41, 5.74) is 3.16. The van der Waals surface area contributed by atoms with Crippen LogP contribution in [0.2, 0.25) is 0 Å². The number of thioether (sulfide) groups is 1. The summed E-state index contributed by atoms with van der Waals surface area (Å²) < 4.78 is 0. The van der Waals surface area contributed by atoms with E-state index in [-0.39, 0.29) is 11.9 Å². The number of carbonyl (C=O) groups is 1. The summed E-state index contributed by atoms with van der Waals surface area (Å²) in [6.07, 6.45) is 0.741. The lowest BCUT2D eigenvalue weighted by atomic mass is 10.1. The van der Waals surface area contributed by atoms with Gasteiger partial charge in [-0.2, -0.15) is 0 Å². The molecule has 0 unspecified atom stereocenters. The van der Waals surface area contributed by atoms with Crippen LogP contribution in [0.4, 0.5) is 11.4 Å². The minimum absolute atomic E-state index is 0.0235. The van der Waals surface area contributed by atoms with Crippen LogP contribution in [0.25, 0.3) is 0 Å². The standard InChI is InChI=1S/C17H18N2OS/c1-2-21-16-10-6-5-9-14(16)19-17(20)15-11-12-7-3-4-8-13(12)18-15/h3-10,15,18H,2,11H2,1H3,(H,19,20)/t15-/m0/s1. The monoisotopic (exact) mass is 298 g/mol. The molecule has 4 heteroatoms. The van der Waals surface area contributed by atoms with E-state index >= 15 is 0 Å². The molecule has 0 radical (unpaired) electrons. The summed E-state index contributed by atoms with van der Waals surface area (Å²) in [4.78, 5) is 13.6. The quantitative estimate of drug-likeness (QED) is 0.844. The zero-order valence-corrected chi connectivity index (χ0v) is 12.7. The van der Waals surface area contributed by atoms with Gasteiger partial charge in [-0.3, -0.25) is 4.79 Å². The number of hydrogen-bond acceptors (Lipinski definition) is 3. The van der Waals surface area contributed by atoms with E-state index < -0.39 is 0 Å². The fourth-order valence-corrected chi connectivity index (χ4v) is 3.29. The molecule has 108 valence electrons. The Morgan fingerprint density at radius 3 is 2.81 bits per heavy atom. The van der Waals surface area contributed by atoms with Crippen molar-refractivity contribution in [3.63, 3.8) is 0 Å². The van der Waals surface area contributed by atoms with Crippen LogP contribution >= 0.6 is 11.8 Å². The van der Waals surface area contributed by atoms with Crippen LogP contribution in [0.1, 0.15) is 12.5 Å². The van der Waals surface area contributed by atoms with Crippen molar-refractivity contribution in [1.82, 2.24) is 0 Å². The van der Waals surface area contributed by atoms with Gasteiger partial charge in [0.2, 0.25) is 5.91 Å². The van der Waals surface area contributed by atoms with Crippen molar-refractivity contribution >= 4 is 29.0 Å². The lowest BCUT2D eigenvalue weighted by Gasteiger charge is -2.14. The Hall–Kier alpha value is -1.94. The van der Waals surface area contributed by atoms with E-state index in [9.17, 15) is 4.79 Å². The predicted octanol–water partition coefficient (Wildman–Crippen LogP) is 3.77. The van der Waals surface area contributed by atoms with Gasteiger partial charge in [-0.15, -0.1) is 11.8 Å². The first-order valence-corrected chi connectivity index (χ1v) is 8.13. The second-order valence-electron chi connectivity index (χ2n) is 4.98. The third kappa shape index (κ3) is 3.05. The van der Waals surface area contributed by atoms with Crippen molar-refractivity contribution < 1.29 is 4.79 Å². The lowest BCUT2D eigenvalue weighted by molar-refractivity contribution is -0.116. The lowest BCUT2D eigenvalue weighted by Crippen LogP contribution is -2.32. The van der Waals surface area contributed by atoms with Crippen LogP contribution in [0.5, 0.6) is 0 Å². The maximum absolute atomic E-state index is 12.5. The molecule has 0 spiro atoms. The molecule has 1 heterocycles. The van der Waals surface area contributed by atoms with Crippen molar-refractivity contribution in [2.24, 2.45) is 0 Å². The summed E-state index contributed by atoms with van der Waals surface area (Å²) in [6.45, 7) is 2.11. The highest BCUT2D eigenvalue weighted by Gasteiger charge is 2.26. The molecule has 0 bridgehead atoms. The van der Waals surface area contributed by atoms with E-state index in [1.165, 1.54) is 5.56 Å². The third-order valence-electron chi connectivity index (χ3n) is 3.53. The highest BCUT2D eigenvalue weighted by atomic mass is 32.2. The number of amides is 1. The first-order chi connectivity index (χ1) is 10.3. The minimum Gasteiger partial charge on any atom is -0.373 e. The molecule has 0 fully saturated rings. The molecule has 1 amide bonds. The van der Waals surface area contributed by atoms with E-state index in [0.717, 1.165) is 28.4 Å². The summed E-state index contributed by atoms with van der Waals surface area (Å²) in [5.74, 6) is 1.01. The Kier molecular flexibility index (Phi) is 4.15. The SMILES string of the molecule is CCSc1ccccc1NC(=O)[C@@H]1Cc2ccccc2N1. The Labute approximate surface area is 129 Å². The third-order valence-corrected chi connectivity index (χ3v) is 4.49. The average Bonchev–Trinajstić information content (AvgIpc) is 2.93. The molecule has 0 aromatic heterocycles. The molecule has 0 saturated heterocycles. The van der Waals surface area contributed by atoms with Gasteiger partial charge in [0.1, 0.15) is 6.04 Å². The van der Waals surface area contributed by atoms with Gasteiger partial charge < -0.3 is 10.6 Å². The number of para-hydroxylation sites is 2. The number of carbonyl (C=O) groups excluding carboxylic acids is 1. The molecule has 1 aliphatic heterocycles. The van der Waals surface area contributed by atoms with Crippen molar-refractivity contribution in [2.45, 2.75) is 24.3 Å². The number of hydrogen-bond donors (Lipinski definition) is 2. The Morgan fingerprint density at radius 1 is 1.24 bits per heavy atom. The van der Waals surface area contributed by atoms with Gasteiger partial charge >= 0.3 is 0 Å². The van der Waals surface area contributed by atoms with Gasteiger partial charge in [-0.05, 0) is 29.5 Å². The topological polar surface area (TPSA) is 41.1 Å². The van der Waals surface area contributed by atoms with Crippen molar-refractivity contribution in [1.29, 1.82) is 0 Å². The highest BCUT2D eigenvalue weighted by molar-refractivity contribution is 7.99. The number of nitrogens with one attached hydrogen (secondary N) is 2. The van der Waals surface area contributed by atoms with Crippen molar-refractivity contribution in [2.75, 3.05) is 16.4 Å². The van der Waals surface area contributed by atoms with Gasteiger partial charge in [-0.1, -0.05) is 37.3 Å². The van der Waals surface area contributed by atoms with Crippen molar-refractivity contribution in [3.05, 3.63) is 54.1 Å². The van der Waals surface area contributed by atoms with Crippen LogP contribution in [0, 0.1) is 0 Å². The highest BCUT2D eigenvalue weighted by Crippen LogP contribution is 2.29. The van der Waals surface area contributed by atoms with Gasteiger partial charge in [0.05, 0.1) is 5.69 Å². The van der Waals surface area contributed by atoms with Crippen LogP contribution in [0.15, 0.2) is 53.4 Å². The zero-order chi connectivity index (χ0) is 14.7. The smallest absolute Gasteiger partial charge is 0.247 e. The number of anilines is 2. The molecule has 0 saturated carbocycles. The predicted molar refractivity (Wildman–Crippen MR) is 89.0 cm³/mol. The normalized spacial score (nSPS) is 16.1. The fourth-order valence-electron chi connectivity index (χ4n) is 2.53. The Morgan fingerprint density at radius 2 is 2.00 bits per heavy atom. The molecule has 1 aliphatic rings. The second-order valence-corrected chi connectivity index (χ2v) is 6.28. The summed E-state index contributed by atoms with van der Waals surface area (Å²) >= 11 is 1.74. The van der Waals surface area contributed by atoms with Crippen LogP contribution in [-0.4, -0.2) is 17.7 Å². The Bertz CT molecular complexity index is 632. The van der Waals surface area contributed by atoms with Gasteiger partial charge in [0.25, 0.3) is 0 Å². The van der Waals surface area contributed by atoms with Crippen LogP contribution < -0.4 is 10.6 Å². The zero-order valence-electron chi connectivity index (χ0n) is 11.9. The van der Waals surface area contributed by atoms with E-state index in [4.69, 9.17) is 0 Å². The molecule has 1 atom stereocenters. The molecule has 2 aromatic carbocycles. The van der Waals surface area contributed by atoms with Gasteiger partial charge in [0.15, 0.2) is 0 Å². The molecular formula is C17H18N2OS. The van der Waals surface area contributed by atoms with Crippen LogP contribution in [0.3, 0.4) is 0 Å². The van der Waals surface area contributed by atoms with E-state index in [1.807, 2.05) is 42.5 Å². The molecule has 3 nitrogen and oxygen atoms in total. The summed E-state index contributed by atoms with van der Waals surface area (Å²) in [6, 6.07) is 15.8. The largest absolute Gasteiger partial charge is 0.373 e. The maximum Gasteiger partial charge on any atom is 0.247 e. The van der Waals surface area contributed by atoms with Crippen LogP contribution in [-0.2, 0) is 11.2 Å². The molecule has 2 N–H and O–H groups in total. The van der Waals surface area contributed by atoms with E-state index in [2.05, 4.69) is 23.6 Å². The van der Waals surface area contributed by atoms with Crippen molar-refractivity contribution in [3.8, 4) is 0 Å². The molecular weight excluding hydrogens is 280 g/mol. The van der Waals surface area contributed by atoms with E-state index in [1.54, 1.807) is 11.8 Å². The molecule has 21 heavy (non-hydrogen) atoms. The first kappa shape index (κ1) is 14.0. The van der Waals surface area contributed by atoms with E-state index in [0.29, 0.717) is 0 Å². The Balaban J connectivity index is 1.71. The summed E-state index contributed by atoms with van der Waals surface area (Å²) in [7, 11) is 0. The van der Waals surface area contributed by atoms with Gasteiger partial charge in [0, 0.05) is 17.0 Å². The average molecular weight is 298 g/mol. The number of fused-ring (bicyclic) bond motifs is 1. The molecule has 0 aliphatic carbocycles. The minimum atomic E-state index is -0.193. The second kappa shape index (κ2) is 6.22. The summed E-state index contributed by atoms with van der Waals surface area (Å²) in [5, 5.41) is 6.34. The maximum atomic E-state index is 12.5. The number of benzene rings is 2. The fraction of sp³-hybridized carbons (Fsp3) is 0.235. The first-order valence-electron chi connectivity index (χ1n) is 7.15. The molecule has 3 rings (SSSR count). The molecule has 2 aromatic rings.